The van der Waals surface area contributed by atoms with Crippen molar-refractivity contribution < 1.29 is 0 Å². The van der Waals surface area contributed by atoms with E-state index in [0.29, 0.717) is 6.04 Å². The van der Waals surface area contributed by atoms with Crippen LogP contribution in [0.25, 0.3) is 0 Å². The van der Waals surface area contributed by atoms with Crippen LogP contribution in [0.2, 0.25) is 0 Å². The molecule has 0 fully saturated rings. The van der Waals surface area contributed by atoms with E-state index < -0.39 is 0 Å². The average molecular weight is 370 g/mol. The number of rotatable bonds is 4. The van der Waals surface area contributed by atoms with Gasteiger partial charge in [0.15, 0.2) is 0 Å². The van der Waals surface area contributed by atoms with Crippen LogP contribution in [0.1, 0.15) is 17.2 Å². The smallest absolute Gasteiger partial charge is 0.0410 e. The van der Waals surface area contributed by atoms with Crippen molar-refractivity contribution in [3.8, 4) is 0 Å². The Kier molecular flexibility index (Phi) is 4.92. The van der Waals surface area contributed by atoms with E-state index >= 15 is 0 Å². The molecule has 1 aromatic heterocycles. The van der Waals surface area contributed by atoms with Crippen molar-refractivity contribution in [2.75, 3.05) is 7.05 Å². The molecule has 0 saturated carbocycles. The molecule has 0 amide bonds. The van der Waals surface area contributed by atoms with Gasteiger partial charge in [0.05, 0.1) is 0 Å². The predicted octanol–water partition coefficient (Wildman–Crippen LogP) is 4.11. The van der Waals surface area contributed by atoms with Crippen molar-refractivity contribution in [3.63, 3.8) is 0 Å². The molecule has 4 heteroatoms. The molecule has 1 N–H and O–H groups in total. The van der Waals surface area contributed by atoms with Crippen LogP contribution >= 0.6 is 31.9 Å². The number of halogens is 2. The Hall–Kier alpha value is -0.710. The summed E-state index contributed by atoms with van der Waals surface area (Å²) in [5.41, 5.74) is 2.49. The number of likely N-dealkylation sites (N-methyl/N-ethyl adjacent to an activating group) is 1. The fraction of sp³-hybridized carbons (Fsp3) is 0.214. The molecule has 2 rings (SSSR count). The van der Waals surface area contributed by atoms with Gasteiger partial charge in [-0.2, -0.15) is 0 Å². The molecule has 0 radical (unpaired) electrons. The third-order valence-electron chi connectivity index (χ3n) is 2.82. The van der Waals surface area contributed by atoms with Crippen molar-refractivity contribution in [1.82, 2.24) is 10.3 Å². The number of aromatic nitrogens is 1. The third kappa shape index (κ3) is 3.64. The maximum atomic E-state index is 4.20. The quantitative estimate of drug-likeness (QED) is 0.877. The van der Waals surface area contributed by atoms with E-state index in [0.717, 1.165) is 15.4 Å². The number of hydrogen-bond donors (Lipinski definition) is 1. The first kappa shape index (κ1) is 13.7. The summed E-state index contributed by atoms with van der Waals surface area (Å²) < 4.78 is 2.12. The van der Waals surface area contributed by atoms with Crippen molar-refractivity contribution in [2.45, 2.75) is 12.5 Å². The van der Waals surface area contributed by atoms with Crippen LogP contribution in [0.15, 0.2) is 51.7 Å². The molecule has 1 unspecified atom stereocenters. The van der Waals surface area contributed by atoms with Crippen LogP contribution in [-0.2, 0) is 6.42 Å². The zero-order chi connectivity index (χ0) is 13.0. The highest BCUT2D eigenvalue weighted by Crippen LogP contribution is 2.21. The number of hydrogen-bond acceptors (Lipinski definition) is 2. The van der Waals surface area contributed by atoms with Gasteiger partial charge in [0, 0.05) is 27.4 Å². The Morgan fingerprint density at radius 3 is 2.44 bits per heavy atom. The molecule has 2 aromatic rings. The van der Waals surface area contributed by atoms with Gasteiger partial charge in [0.25, 0.3) is 0 Å². The lowest BCUT2D eigenvalue weighted by Gasteiger charge is -2.16. The molecule has 0 bridgehead atoms. The zero-order valence-corrected chi connectivity index (χ0v) is 13.2. The molecule has 1 heterocycles. The molecule has 0 spiro atoms. The van der Waals surface area contributed by atoms with Gasteiger partial charge in [-0.25, -0.2) is 0 Å². The first-order valence-electron chi connectivity index (χ1n) is 5.71. The Morgan fingerprint density at radius 2 is 1.83 bits per heavy atom. The lowest BCUT2D eigenvalue weighted by atomic mass is 10.0. The van der Waals surface area contributed by atoms with Crippen LogP contribution in [0.3, 0.4) is 0 Å². The van der Waals surface area contributed by atoms with Gasteiger partial charge in [0.2, 0.25) is 0 Å². The molecule has 18 heavy (non-hydrogen) atoms. The molecular formula is C14H14Br2N2. The summed E-state index contributed by atoms with van der Waals surface area (Å²) >= 11 is 6.91. The van der Waals surface area contributed by atoms with Gasteiger partial charge in [-0.3, -0.25) is 4.98 Å². The number of nitrogens with one attached hydrogen (secondary N) is 1. The van der Waals surface area contributed by atoms with Crippen molar-refractivity contribution in [2.24, 2.45) is 0 Å². The molecule has 94 valence electrons. The molecule has 0 saturated heterocycles. The summed E-state index contributed by atoms with van der Waals surface area (Å²) in [5, 5.41) is 3.35. The maximum absolute atomic E-state index is 4.20. The lowest BCUT2D eigenvalue weighted by molar-refractivity contribution is 0.591. The van der Waals surface area contributed by atoms with E-state index in [1.54, 1.807) is 6.20 Å². The monoisotopic (exact) mass is 368 g/mol. The maximum Gasteiger partial charge on any atom is 0.0410 e. The van der Waals surface area contributed by atoms with Crippen LogP contribution in [0.4, 0.5) is 0 Å². The second-order valence-electron chi connectivity index (χ2n) is 4.11. The zero-order valence-electron chi connectivity index (χ0n) is 10.0. The Labute approximate surface area is 124 Å². The molecule has 0 aliphatic carbocycles. The highest BCUT2D eigenvalue weighted by atomic mass is 79.9. The van der Waals surface area contributed by atoms with Gasteiger partial charge in [0.1, 0.15) is 0 Å². The van der Waals surface area contributed by atoms with E-state index in [1.807, 2.05) is 13.2 Å². The number of nitrogens with zero attached hydrogens (tertiary/aromatic N) is 1. The molecular weight excluding hydrogens is 356 g/mol. The van der Waals surface area contributed by atoms with E-state index in [9.17, 15) is 0 Å². The van der Waals surface area contributed by atoms with Gasteiger partial charge in [-0.15, -0.1) is 0 Å². The standard InChI is InChI=1S/C14H14Br2N2/c1-17-14(11-2-4-12(15)5-3-11)7-10-6-13(16)9-18-8-10/h2-6,8-9,14,17H,7H2,1H3. The Bertz CT molecular complexity index is 511. The molecule has 2 nitrogen and oxygen atoms in total. The average Bonchev–Trinajstić information content (AvgIpc) is 2.37. The van der Waals surface area contributed by atoms with E-state index in [2.05, 4.69) is 72.5 Å². The summed E-state index contributed by atoms with van der Waals surface area (Å²) in [5.74, 6) is 0. The van der Waals surface area contributed by atoms with E-state index in [-0.39, 0.29) is 0 Å². The summed E-state index contributed by atoms with van der Waals surface area (Å²) in [6.45, 7) is 0. The van der Waals surface area contributed by atoms with Gasteiger partial charge in [-0.05, 0) is 58.7 Å². The molecule has 0 aliphatic rings. The van der Waals surface area contributed by atoms with Crippen LogP contribution in [0.5, 0.6) is 0 Å². The summed E-state index contributed by atoms with van der Waals surface area (Å²) in [7, 11) is 1.98. The van der Waals surface area contributed by atoms with Gasteiger partial charge >= 0.3 is 0 Å². The minimum Gasteiger partial charge on any atom is -0.313 e. The highest BCUT2D eigenvalue weighted by Gasteiger charge is 2.10. The van der Waals surface area contributed by atoms with Crippen molar-refractivity contribution >= 4 is 31.9 Å². The van der Waals surface area contributed by atoms with Crippen LogP contribution < -0.4 is 5.32 Å². The van der Waals surface area contributed by atoms with Crippen LogP contribution in [0, 0.1) is 0 Å². The lowest BCUT2D eigenvalue weighted by Crippen LogP contribution is -2.18. The third-order valence-corrected chi connectivity index (χ3v) is 3.78. The van der Waals surface area contributed by atoms with E-state index in [4.69, 9.17) is 0 Å². The van der Waals surface area contributed by atoms with Crippen molar-refractivity contribution in [3.05, 3.63) is 62.8 Å². The number of pyridine rings is 1. The summed E-state index contributed by atoms with van der Waals surface area (Å²) in [4.78, 5) is 4.20. The second-order valence-corrected chi connectivity index (χ2v) is 5.94. The summed E-state index contributed by atoms with van der Waals surface area (Å²) in [6, 6.07) is 10.8. The first-order chi connectivity index (χ1) is 8.69. The normalized spacial score (nSPS) is 12.4. The van der Waals surface area contributed by atoms with Gasteiger partial charge < -0.3 is 5.32 Å². The highest BCUT2D eigenvalue weighted by molar-refractivity contribution is 9.10. The van der Waals surface area contributed by atoms with E-state index in [1.165, 1.54) is 11.1 Å². The van der Waals surface area contributed by atoms with Gasteiger partial charge in [-0.1, -0.05) is 28.1 Å². The largest absolute Gasteiger partial charge is 0.313 e. The van der Waals surface area contributed by atoms with Crippen molar-refractivity contribution in [1.29, 1.82) is 0 Å². The molecule has 0 aliphatic heterocycles. The minimum absolute atomic E-state index is 0.300. The predicted molar refractivity (Wildman–Crippen MR) is 81.6 cm³/mol. The Morgan fingerprint density at radius 1 is 1.11 bits per heavy atom. The fourth-order valence-corrected chi connectivity index (χ4v) is 2.56. The molecule has 1 atom stereocenters. The summed E-state index contributed by atoms with van der Waals surface area (Å²) in [6.07, 6.45) is 4.63. The minimum atomic E-state index is 0.300. The second kappa shape index (κ2) is 6.45. The Balaban J connectivity index is 2.17. The first-order valence-corrected chi connectivity index (χ1v) is 7.30. The van der Waals surface area contributed by atoms with Crippen LogP contribution in [-0.4, -0.2) is 12.0 Å². The fourth-order valence-electron chi connectivity index (χ4n) is 1.88. The SMILES string of the molecule is CNC(Cc1cncc(Br)c1)c1ccc(Br)cc1. The number of benzene rings is 1. The molecule has 1 aromatic carbocycles. The topological polar surface area (TPSA) is 24.9 Å².